The second kappa shape index (κ2) is 8.87. The third kappa shape index (κ3) is 4.95. The van der Waals surface area contributed by atoms with Crippen LogP contribution >= 0.6 is 0 Å². The number of benzene rings is 2. The summed E-state index contributed by atoms with van der Waals surface area (Å²) in [6, 6.07) is 17.0. The quantitative estimate of drug-likeness (QED) is 0.843. The molecule has 4 nitrogen and oxygen atoms in total. The van der Waals surface area contributed by atoms with Crippen LogP contribution in [-0.2, 0) is 11.2 Å². The molecule has 0 bridgehead atoms. The Bertz CT molecular complexity index is 662. The fourth-order valence-electron chi connectivity index (χ4n) is 2.52. The van der Waals surface area contributed by atoms with Gasteiger partial charge < -0.3 is 10.2 Å². The number of hydrogen-bond acceptors (Lipinski definition) is 2. The van der Waals surface area contributed by atoms with Crippen LogP contribution in [0.3, 0.4) is 0 Å². The molecule has 0 saturated heterocycles. The van der Waals surface area contributed by atoms with Gasteiger partial charge in [-0.25, -0.2) is 0 Å². The summed E-state index contributed by atoms with van der Waals surface area (Å²) < 4.78 is 0. The molecule has 126 valence electrons. The first-order valence-electron chi connectivity index (χ1n) is 8.37. The lowest BCUT2D eigenvalue weighted by Crippen LogP contribution is -2.30. The molecule has 2 amide bonds. The van der Waals surface area contributed by atoms with Crippen LogP contribution < -0.4 is 5.32 Å². The van der Waals surface area contributed by atoms with E-state index in [0.29, 0.717) is 37.2 Å². The largest absolute Gasteiger partial charge is 0.339 e. The number of anilines is 1. The standard InChI is InChI=1S/C20H24N2O2/c1-3-22(4-2)20(24)17-11-13-18(14-12-17)21-19(23)15-10-16-8-6-5-7-9-16/h5-9,11-14H,3-4,10,15H2,1-2H3,(H,21,23). The van der Waals surface area contributed by atoms with Gasteiger partial charge in [0.05, 0.1) is 0 Å². The van der Waals surface area contributed by atoms with Crippen molar-refractivity contribution in [1.82, 2.24) is 4.90 Å². The fraction of sp³-hybridized carbons (Fsp3) is 0.300. The minimum atomic E-state index is -0.0262. The highest BCUT2D eigenvalue weighted by Crippen LogP contribution is 2.12. The minimum Gasteiger partial charge on any atom is -0.339 e. The van der Waals surface area contributed by atoms with Crippen molar-refractivity contribution in [1.29, 1.82) is 0 Å². The summed E-state index contributed by atoms with van der Waals surface area (Å²) in [6.45, 7) is 5.30. The van der Waals surface area contributed by atoms with Gasteiger partial charge in [0.15, 0.2) is 0 Å². The molecule has 0 radical (unpaired) electrons. The number of nitrogens with one attached hydrogen (secondary N) is 1. The van der Waals surface area contributed by atoms with Gasteiger partial charge in [-0.2, -0.15) is 0 Å². The van der Waals surface area contributed by atoms with Crippen LogP contribution in [0, 0.1) is 0 Å². The van der Waals surface area contributed by atoms with Gasteiger partial charge in [0.25, 0.3) is 5.91 Å². The summed E-state index contributed by atoms with van der Waals surface area (Å²) in [6.07, 6.45) is 1.15. The van der Waals surface area contributed by atoms with Crippen molar-refractivity contribution < 1.29 is 9.59 Å². The molecule has 0 aliphatic carbocycles. The van der Waals surface area contributed by atoms with E-state index in [0.717, 1.165) is 5.56 Å². The Balaban J connectivity index is 1.89. The molecule has 0 atom stereocenters. The second-order valence-corrected chi connectivity index (χ2v) is 5.59. The van der Waals surface area contributed by atoms with Crippen molar-refractivity contribution in [2.75, 3.05) is 18.4 Å². The van der Waals surface area contributed by atoms with Gasteiger partial charge in [-0.3, -0.25) is 9.59 Å². The SMILES string of the molecule is CCN(CC)C(=O)c1ccc(NC(=O)CCc2ccccc2)cc1. The molecule has 24 heavy (non-hydrogen) atoms. The van der Waals surface area contributed by atoms with Crippen LogP contribution in [0.15, 0.2) is 54.6 Å². The molecule has 1 N–H and O–H groups in total. The number of amides is 2. The van der Waals surface area contributed by atoms with Gasteiger partial charge in [0.2, 0.25) is 5.91 Å². The average Bonchev–Trinajstić information content (AvgIpc) is 2.62. The van der Waals surface area contributed by atoms with E-state index in [1.165, 1.54) is 0 Å². The monoisotopic (exact) mass is 324 g/mol. The molecule has 2 aromatic rings. The van der Waals surface area contributed by atoms with Crippen LogP contribution in [0.4, 0.5) is 5.69 Å². The topological polar surface area (TPSA) is 49.4 Å². The molecular weight excluding hydrogens is 300 g/mol. The second-order valence-electron chi connectivity index (χ2n) is 5.59. The number of hydrogen-bond donors (Lipinski definition) is 1. The highest BCUT2D eigenvalue weighted by Gasteiger charge is 2.12. The number of nitrogens with zero attached hydrogens (tertiary/aromatic N) is 1. The van der Waals surface area contributed by atoms with Crippen LogP contribution in [0.2, 0.25) is 0 Å². The zero-order chi connectivity index (χ0) is 17.4. The number of aryl methyl sites for hydroxylation is 1. The van der Waals surface area contributed by atoms with Crippen molar-refractivity contribution in [3.63, 3.8) is 0 Å². The molecule has 0 heterocycles. The van der Waals surface area contributed by atoms with Crippen LogP contribution in [0.25, 0.3) is 0 Å². The van der Waals surface area contributed by atoms with Gasteiger partial charge in [-0.15, -0.1) is 0 Å². The van der Waals surface area contributed by atoms with Crippen LogP contribution in [-0.4, -0.2) is 29.8 Å². The molecule has 0 aliphatic heterocycles. The van der Waals surface area contributed by atoms with E-state index in [2.05, 4.69) is 5.32 Å². The summed E-state index contributed by atoms with van der Waals surface area (Å²) in [5.41, 5.74) is 2.50. The lowest BCUT2D eigenvalue weighted by atomic mass is 10.1. The van der Waals surface area contributed by atoms with Gasteiger partial charge in [-0.1, -0.05) is 30.3 Å². The van der Waals surface area contributed by atoms with Crippen LogP contribution in [0.5, 0.6) is 0 Å². The first kappa shape index (κ1) is 17.7. The Morgan fingerprint density at radius 1 is 0.917 bits per heavy atom. The molecular formula is C20H24N2O2. The molecule has 0 unspecified atom stereocenters. The first-order valence-corrected chi connectivity index (χ1v) is 8.37. The number of carbonyl (C=O) groups is 2. The van der Waals surface area contributed by atoms with Crippen LogP contribution in [0.1, 0.15) is 36.2 Å². The maximum Gasteiger partial charge on any atom is 0.253 e. The van der Waals surface area contributed by atoms with Crippen molar-refractivity contribution in [3.8, 4) is 0 Å². The summed E-state index contributed by atoms with van der Waals surface area (Å²) in [5, 5.41) is 2.87. The van der Waals surface area contributed by atoms with Crippen molar-refractivity contribution >= 4 is 17.5 Å². The lowest BCUT2D eigenvalue weighted by Gasteiger charge is -2.18. The molecule has 4 heteroatoms. The summed E-state index contributed by atoms with van der Waals surface area (Å²) in [5.74, 6) is -0.0105. The highest BCUT2D eigenvalue weighted by atomic mass is 16.2. The molecule has 2 rings (SSSR count). The summed E-state index contributed by atoms with van der Waals surface area (Å²) in [4.78, 5) is 26.0. The smallest absolute Gasteiger partial charge is 0.253 e. The van der Waals surface area contributed by atoms with Crippen molar-refractivity contribution in [2.24, 2.45) is 0 Å². The Hall–Kier alpha value is -2.62. The van der Waals surface area contributed by atoms with Crippen molar-refractivity contribution in [3.05, 3.63) is 65.7 Å². The molecule has 0 fully saturated rings. The molecule has 0 aromatic heterocycles. The maximum absolute atomic E-state index is 12.2. The lowest BCUT2D eigenvalue weighted by molar-refractivity contribution is -0.116. The Kier molecular flexibility index (Phi) is 6.55. The van der Waals surface area contributed by atoms with Gasteiger partial charge >= 0.3 is 0 Å². The summed E-state index contributed by atoms with van der Waals surface area (Å²) in [7, 11) is 0. The Morgan fingerprint density at radius 2 is 1.54 bits per heavy atom. The fourth-order valence-corrected chi connectivity index (χ4v) is 2.52. The molecule has 0 saturated carbocycles. The Labute approximate surface area is 143 Å². The third-order valence-electron chi connectivity index (χ3n) is 3.95. The predicted octanol–water partition coefficient (Wildman–Crippen LogP) is 3.74. The zero-order valence-electron chi connectivity index (χ0n) is 14.3. The average molecular weight is 324 g/mol. The van der Waals surface area contributed by atoms with Gasteiger partial charge in [0, 0.05) is 30.8 Å². The van der Waals surface area contributed by atoms with Gasteiger partial charge in [-0.05, 0) is 50.1 Å². The highest BCUT2D eigenvalue weighted by molar-refractivity contribution is 5.95. The van der Waals surface area contributed by atoms with E-state index >= 15 is 0 Å². The van der Waals surface area contributed by atoms with E-state index < -0.39 is 0 Å². The normalized spacial score (nSPS) is 10.2. The van der Waals surface area contributed by atoms with E-state index in [9.17, 15) is 9.59 Å². The van der Waals surface area contributed by atoms with Gasteiger partial charge in [0.1, 0.15) is 0 Å². The molecule has 0 spiro atoms. The molecule has 0 aliphatic rings. The maximum atomic E-state index is 12.2. The van der Waals surface area contributed by atoms with E-state index in [4.69, 9.17) is 0 Å². The first-order chi connectivity index (χ1) is 11.6. The summed E-state index contributed by atoms with van der Waals surface area (Å²) >= 11 is 0. The van der Waals surface area contributed by atoms with Crippen molar-refractivity contribution in [2.45, 2.75) is 26.7 Å². The minimum absolute atomic E-state index is 0.0157. The zero-order valence-corrected chi connectivity index (χ0v) is 14.3. The number of rotatable bonds is 7. The van der Waals surface area contributed by atoms with E-state index in [-0.39, 0.29) is 11.8 Å². The Morgan fingerprint density at radius 3 is 2.12 bits per heavy atom. The molecule has 2 aromatic carbocycles. The number of carbonyl (C=O) groups excluding carboxylic acids is 2. The van der Waals surface area contributed by atoms with E-state index in [1.807, 2.05) is 44.2 Å². The van der Waals surface area contributed by atoms with E-state index in [1.54, 1.807) is 29.2 Å². The third-order valence-corrected chi connectivity index (χ3v) is 3.95. The predicted molar refractivity (Wildman–Crippen MR) is 97.1 cm³/mol.